The molecule has 2 N–H and O–H groups in total. The summed E-state index contributed by atoms with van der Waals surface area (Å²) in [6.07, 6.45) is 2.04. The lowest BCUT2D eigenvalue weighted by Crippen LogP contribution is -2.39. The van der Waals surface area contributed by atoms with Crippen molar-refractivity contribution >= 4 is 5.96 Å². The first-order valence-electron chi connectivity index (χ1n) is 7.10. The van der Waals surface area contributed by atoms with E-state index in [4.69, 9.17) is 0 Å². The van der Waals surface area contributed by atoms with E-state index in [0.29, 0.717) is 6.54 Å². The number of hydrogen-bond acceptors (Lipinski definition) is 2. The molecule has 0 aliphatic heterocycles. The molecular weight excluding hydrogens is 252 g/mol. The summed E-state index contributed by atoms with van der Waals surface area (Å²) in [6.45, 7) is 8.45. The maximum Gasteiger partial charge on any atom is 0.194 e. The Hall–Kier alpha value is -1.49. The number of aryl methyl sites for hydroxylation is 1. The van der Waals surface area contributed by atoms with Gasteiger partial charge in [0.15, 0.2) is 5.96 Å². The lowest BCUT2D eigenvalue weighted by Gasteiger charge is -2.25. The molecule has 0 bridgehead atoms. The Labute approximate surface area is 122 Å². The highest BCUT2D eigenvalue weighted by Crippen LogP contribution is 2.14. The number of aliphatic hydroxyl groups is 1. The Morgan fingerprint density at radius 1 is 1.50 bits per heavy atom. The number of nitrogens with zero attached hydrogens (tertiary/aromatic N) is 3. The number of aliphatic imine (C=N–C) groups is 1. The first-order valence-corrected chi connectivity index (χ1v) is 7.10. The minimum atomic E-state index is -0.188. The Balaban J connectivity index is 2.74. The molecule has 0 radical (unpaired) electrons. The van der Waals surface area contributed by atoms with E-state index in [2.05, 4.69) is 32.8 Å². The molecule has 0 saturated carbocycles. The van der Waals surface area contributed by atoms with Crippen LogP contribution in [0.1, 0.15) is 26.5 Å². The van der Waals surface area contributed by atoms with Crippen LogP contribution in [0.4, 0.5) is 0 Å². The second-order valence-electron chi connectivity index (χ2n) is 5.96. The highest BCUT2D eigenvalue weighted by Gasteiger charge is 2.17. The summed E-state index contributed by atoms with van der Waals surface area (Å²) < 4.78 is 2.11. The molecule has 114 valence electrons. The fourth-order valence-corrected chi connectivity index (χ4v) is 1.79. The quantitative estimate of drug-likeness (QED) is 0.612. The Morgan fingerprint density at radius 3 is 2.70 bits per heavy atom. The summed E-state index contributed by atoms with van der Waals surface area (Å²) in [5.41, 5.74) is 1.05. The van der Waals surface area contributed by atoms with E-state index >= 15 is 0 Å². The van der Waals surface area contributed by atoms with E-state index in [0.717, 1.165) is 19.0 Å². The van der Waals surface area contributed by atoms with Crippen molar-refractivity contribution in [3.63, 3.8) is 0 Å². The normalized spacial score (nSPS) is 12.6. The molecule has 0 aromatic carbocycles. The van der Waals surface area contributed by atoms with Crippen LogP contribution in [0.25, 0.3) is 0 Å². The molecule has 0 spiro atoms. The molecule has 0 amide bonds. The molecule has 0 fully saturated rings. The molecule has 1 aromatic rings. The van der Waals surface area contributed by atoms with Crippen molar-refractivity contribution in [1.29, 1.82) is 0 Å². The minimum Gasteiger partial charge on any atom is -0.396 e. The Morgan fingerprint density at radius 2 is 2.20 bits per heavy atom. The fourth-order valence-electron chi connectivity index (χ4n) is 1.79. The van der Waals surface area contributed by atoms with Crippen LogP contribution in [0, 0.1) is 5.41 Å². The van der Waals surface area contributed by atoms with Gasteiger partial charge in [0.1, 0.15) is 0 Å². The van der Waals surface area contributed by atoms with Crippen molar-refractivity contribution in [3.05, 3.63) is 24.0 Å². The van der Waals surface area contributed by atoms with Crippen LogP contribution in [0.3, 0.4) is 0 Å². The predicted octanol–water partition coefficient (Wildman–Crippen LogP) is 1.44. The first-order chi connectivity index (χ1) is 9.39. The Bertz CT molecular complexity index is 437. The van der Waals surface area contributed by atoms with Gasteiger partial charge in [-0.25, -0.2) is 0 Å². The van der Waals surface area contributed by atoms with Crippen molar-refractivity contribution in [2.45, 2.75) is 27.3 Å². The van der Waals surface area contributed by atoms with E-state index in [-0.39, 0.29) is 12.0 Å². The van der Waals surface area contributed by atoms with Crippen LogP contribution in [-0.4, -0.2) is 47.3 Å². The van der Waals surface area contributed by atoms with Crippen LogP contribution in [0.15, 0.2) is 23.3 Å². The molecular formula is C15H28N4O. The third-order valence-electron chi connectivity index (χ3n) is 3.23. The van der Waals surface area contributed by atoms with Crippen molar-refractivity contribution in [2.24, 2.45) is 17.5 Å². The van der Waals surface area contributed by atoms with Gasteiger partial charge in [-0.2, -0.15) is 0 Å². The summed E-state index contributed by atoms with van der Waals surface area (Å²) in [5.74, 6) is 0.871. The van der Waals surface area contributed by atoms with Gasteiger partial charge < -0.3 is 19.9 Å². The van der Waals surface area contributed by atoms with Crippen molar-refractivity contribution < 1.29 is 5.11 Å². The zero-order chi connectivity index (χ0) is 15.2. The average Bonchev–Trinajstić information content (AvgIpc) is 2.80. The van der Waals surface area contributed by atoms with Crippen LogP contribution in [-0.2, 0) is 13.6 Å². The smallest absolute Gasteiger partial charge is 0.194 e. The molecule has 0 saturated heterocycles. The van der Waals surface area contributed by atoms with Gasteiger partial charge in [0.05, 0.1) is 13.1 Å². The lowest BCUT2D eigenvalue weighted by atomic mass is 9.95. The number of aliphatic hydroxyl groups excluding tert-OH is 1. The summed E-state index contributed by atoms with van der Waals surface area (Å²) in [4.78, 5) is 6.73. The Kier molecular flexibility index (Phi) is 6.07. The zero-order valence-corrected chi connectivity index (χ0v) is 13.3. The third kappa shape index (κ3) is 4.89. The zero-order valence-electron chi connectivity index (χ0n) is 13.3. The summed E-state index contributed by atoms with van der Waals surface area (Å²) in [7, 11) is 4.07. The molecule has 0 atom stereocenters. The van der Waals surface area contributed by atoms with Crippen molar-refractivity contribution in [1.82, 2.24) is 14.8 Å². The van der Waals surface area contributed by atoms with Crippen LogP contribution >= 0.6 is 0 Å². The molecule has 1 aromatic heterocycles. The highest BCUT2D eigenvalue weighted by atomic mass is 16.3. The molecule has 1 rings (SSSR count). The van der Waals surface area contributed by atoms with Gasteiger partial charge >= 0.3 is 0 Å². The SMILES string of the molecule is CCNC(=NCC(C)(C)CO)N(C)Cc1cccn1C. The molecule has 0 aliphatic rings. The molecule has 20 heavy (non-hydrogen) atoms. The maximum absolute atomic E-state index is 9.31. The van der Waals surface area contributed by atoms with Gasteiger partial charge in [0.2, 0.25) is 0 Å². The van der Waals surface area contributed by atoms with E-state index in [1.165, 1.54) is 5.69 Å². The second-order valence-corrected chi connectivity index (χ2v) is 5.96. The maximum atomic E-state index is 9.31. The predicted molar refractivity (Wildman–Crippen MR) is 83.7 cm³/mol. The van der Waals surface area contributed by atoms with E-state index in [1.807, 2.05) is 40.2 Å². The number of aromatic nitrogens is 1. The summed E-state index contributed by atoms with van der Waals surface area (Å²) >= 11 is 0. The molecule has 5 heteroatoms. The second kappa shape index (κ2) is 7.33. The molecule has 0 aliphatic carbocycles. The van der Waals surface area contributed by atoms with Gasteiger partial charge in [-0.15, -0.1) is 0 Å². The third-order valence-corrected chi connectivity index (χ3v) is 3.23. The van der Waals surface area contributed by atoms with Gasteiger partial charge in [-0.1, -0.05) is 13.8 Å². The number of guanidine groups is 1. The van der Waals surface area contributed by atoms with Crippen molar-refractivity contribution in [2.75, 3.05) is 26.7 Å². The number of nitrogens with one attached hydrogen (secondary N) is 1. The van der Waals surface area contributed by atoms with Gasteiger partial charge in [0.25, 0.3) is 0 Å². The monoisotopic (exact) mass is 280 g/mol. The van der Waals surface area contributed by atoms with Crippen LogP contribution in [0.5, 0.6) is 0 Å². The van der Waals surface area contributed by atoms with Crippen LogP contribution in [0.2, 0.25) is 0 Å². The first kappa shape index (κ1) is 16.6. The fraction of sp³-hybridized carbons (Fsp3) is 0.667. The molecule has 0 unspecified atom stereocenters. The largest absolute Gasteiger partial charge is 0.396 e. The van der Waals surface area contributed by atoms with Gasteiger partial charge in [-0.3, -0.25) is 4.99 Å². The van der Waals surface area contributed by atoms with Crippen LogP contribution < -0.4 is 5.32 Å². The number of rotatable bonds is 6. The van der Waals surface area contributed by atoms with E-state index < -0.39 is 0 Å². The highest BCUT2D eigenvalue weighted by molar-refractivity contribution is 5.79. The van der Waals surface area contributed by atoms with E-state index in [1.54, 1.807) is 0 Å². The van der Waals surface area contributed by atoms with E-state index in [9.17, 15) is 5.11 Å². The topological polar surface area (TPSA) is 52.8 Å². The molecule has 5 nitrogen and oxygen atoms in total. The molecule has 1 heterocycles. The summed E-state index contributed by atoms with van der Waals surface area (Å²) in [6, 6.07) is 4.15. The minimum absolute atomic E-state index is 0.136. The lowest BCUT2D eigenvalue weighted by molar-refractivity contribution is 0.167. The standard InChI is InChI=1S/C15H28N4O/c1-6-16-14(17-11-15(2,3)12-20)19(5)10-13-8-7-9-18(13)4/h7-9,20H,6,10-12H2,1-5H3,(H,16,17). The average molecular weight is 280 g/mol. The number of hydrogen-bond donors (Lipinski definition) is 2. The van der Waals surface area contributed by atoms with Crippen molar-refractivity contribution in [3.8, 4) is 0 Å². The van der Waals surface area contributed by atoms with Gasteiger partial charge in [0, 0.05) is 44.6 Å². The van der Waals surface area contributed by atoms with Gasteiger partial charge in [-0.05, 0) is 19.1 Å². The summed E-state index contributed by atoms with van der Waals surface area (Å²) in [5, 5.41) is 12.6.